The van der Waals surface area contributed by atoms with Gasteiger partial charge in [0.1, 0.15) is 5.75 Å². The van der Waals surface area contributed by atoms with Crippen LogP contribution in [0.5, 0.6) is 5.75 Å². The molecule has 0 bridgehead atoms. The Hall–Kier alpha value is -3.75. The van der Waals surface area contributed by atoms with Gasteiger partial charge in [-0.3, -0.25) is 9.59 Å². The summed E-state index contributed by atoms with van der Waals surface area (Å²) in [7, 11) is 0. The number of carbonyl (C=O) groups is 2. The van der Waals surface area contributed by atoms with Gasteiger partial charge in [0, 0.05) is 16.9 Å². The summed E-state index contributed by atoms with van der Waals surface area (Å²) in [6.45, 7) is 0. The topological polar surface area (TPSA) is 80.6 Å². The van der Waals surface area contributed by atoms with Crippen LogP contribution in [0.15, 0.2) is 71.3 Å². The van der Waals surface area contributed by atoms with E-state index in [0.717, 1.165) is 12.1 Å². The number of carbonyl (C=O) groups excluding carboxylic acids is 2. The van der Waals surface area contributed by atoms with Gasteiger partial charge < -0.3 is 19.8 Å². The molecule has 3 rings (SSSR count). The molecule has 0 aliphatic carbocycles. The highest BCUT2D eigenvalue weighted by atomic mass is 19.4. The lowest BCUT2D eigenvalue weighted by Gasteiger charge is -2.10. The quantitative estimate of drug-likeness (QED) is 0.663. The first-order chi connectivity index (χ1) is 13.3. The number of benzene rings is 2. The summed E-state index contributed by atoms with van der Waals surface area (Å²) in [5.41, 5.74) is 0.950. The minimum atomic E-state index is -4.80. The number of furan rings is 1. The molecule has 3 aromatic rings. The maximum atomic E-state index is 12.3. The third kappa shape index (κ3) is 5.13. The number of amides is 2. The maximum Gasteiger partial charge on any atom is 0.573 e. The fourth-order valence-corrected chi connectivity index (χ4v) is 2.29. The van der Waals surface area contributed by atoms with E-state index in [9.17, 15) is 22.8 Å². The molecule has 9 heteroatoms. The number of rotatable bonds is 5. The third-order valence-corrected chi connectivity index (χ3v) is 3.47. The number of hydrogen-bond acceptors (Lipinski definition) is 4. The van der Waals surface area contributed by atoms with Gasteiger partial charge in [0.25, 0.3) is 11.8 Å². The maximum absolute atomic E-state index is 12.3. The molecular formula is C19H13F3N2O4. The standard InChI is InChI=1S/C19H13F3N2O4/c20-19(21,22)28-15-8-6-12(7-9-15)17(25)23-13-3-1-4-14(11-13)24-18(26)16-5-2-10-27-16/h1-11H,(H,23,25)(H,24,26). The van der Waals surface area contributed by atoms with Crippen LogP contribution in [0.4, 0.5) is 24.5 Å². The van der Waals surface area contributed by atoms with Crippen LogP contribution in [0, 0.1) is 0 Å². The molecule has 144 valence electrons. The van der Waals surface area contributed by atoms with Crippen molar-refractivity contribution in [3.8, 4) is 5.75 Å². The molecule has 0 aliphatic rings. The van der Waals surface area contributed by atoms with Crippen LogP contribution in [0.25, 0.3) is 0 Å². The van der Waals surface area contributed by atoms with E-state index in [2.05, 4.69) is 15.4 Å². The molecule has 1 heterocycles. The van der Waals surface area contributed by atoms with Crippen molar-refractivity contribution < 1.29 is 31.9 Å². The van der Waals surface area contributed by atoms with E-state index in [4.69, 9.17) is 4.42 Å². The largest absolute Gasteiger partial charge is 0.573 e. The Morgan fingerprint density at radius 2 is 1.50 bits per heavy atom. The molecule has 0 fully saturated rings. The molecule has 0 unspecified atom stereocenters. The SMILES string of the molecule is O=C(Nc1cccc(NC(=O)c2ccco2)c1)c1ccc(OC(F)(F)F)cc1. The van der Waals surface area contributed by atoms with E-state index in [1.165, 1.54) is 30.5 Å². The number of ether oxygens (including phenoxy) is 1. The number of alkyl halides is 3. The average molecular weight is 390 g/mol. The second-order valence-electron chi connectivity index (χ2n) is 5.54. The number of hydrogen-bond donors (Lipinski definition) is 2. The zero-order valence-corrected chi connectivity index (χ0v) is 14.1. The summed E-state index contributed by atoms with van der Waals surface area (Å²) in [6.07, 6.45) is -3.43. The summed E-state index contributed by atoms with van der Waals surface area (Å²) in [6, 6.07) is 14.0. The Labute approximate surface area is 156 Å². The molecule has 0 aliphatic heterocycles. The Bertz CT molecular complexity index is 968. The van der Waals surface area contributed by atoms with Crippen molar-refractivity contribution in [1.29, 1.82) is 0 Å². The lowest BCUT2D eigenvalue weighted by atomic mass is 10.2. The molecule has 0 spiro atoms. The Balaban J connectivity index is 1.65. The lowest BCUT2D eigenvalue weighted by molar-refractivity contribution is -0.274. The molecule has 0 atom stereocenters. The Morgan fingerprint density at radius 1 is 0.857 bits per heavy atom. The van der Waals surface area contributed by atoms with Gasteiger partial charge in [-0.2, -0.15) is 0 Å². The summed E-state index contributed by atoms with van der Waals surface area (Å²) in [4.78, 5) is 24.2. The average Bonchev–Trinajstić information content (AvgIpc) is 3.16. The molecule has 28 heavy (non-hydrogen) atoms. The number of anilines is 2. The van der Waals surface area contributed by atoms with Crippen LogP contribution in [0.3, 0.4) is 0 Å². The highest BCUT2D eigenvalue weighted by Gasteiger charge is 2.31. The van der Waals surface area contributed by atoms with Gasteiger partial charge in [0.05, 0.1) is 6.26 Å². The van der Waals surface area contributed by atoms with E-state index in [0.29, 0.717) is 11.4 Å². The Morgan fingerprint density at radius 3 is 2.07 bits per heavy atom. The van der Waals surface area contributed by atoms with Crippen molar-refractivity contribution in [3.63, 3.8) is 0 Å². The minimum Gasteiger partial charge on any atom is -0.459 e. The van der Waals surface area contributed by atoms with Gasteiger partial charge in [0.2, 0.25) is 0 Å². The zero-order chi connectivity index (χ0) is 20.1. The zero-order valence-electron chi connectivity index (χ0n) is 14.1. The van der Waals surface area contributed by atoms with Crippen molar-refractivity contribution in [2.24, 2.45) is 0 Å². The minimum absolute atomic E-state index is 0.135. The van der Waals surface area contributed by atoms with Crippen LogP contribution in [-0.2, 0) is 0 Å². The third-order valence-electron chi connectivity index (χ3n) is 3.47. The van der Waals surface area contributed by atoms with Crippen LogP contribution >= 0.6 is 0 Å². The molecular weight excluding hydrogens is 377 g/mol. The fraction of sp³-hybridized carbons (Fsp3) is 0.0526. The van der Waals surface area contributed by atoms with E-state index >= 15 is 0 Å². The summed E-state index contributed by atoms with van der Waals surface area (Å²) in [5.74, 6) is -1.27. The number of halogens is 3. The number of nitrogens with one attached hydrogen (secondary N) is 2. The van der Waals surface area contributed by atoms with Gasteiger partial charge >= 0.3 is 6.36 Å². The van der Waals surface area contributed by atoms with Crippen LogP contribution < -0.4 is 15.4 Å². The molecule has 6 nitrogen and oxygen atoms in total. The van der Waals surface area contributed by atoms with Crippen LogP contribution in [0.1, 0.15) is 20.9 Å². The van der Waals surface area contributed by atoms with Gasteiger partial charge in [0.15, 0.2) is 5.76 Å². The van der Waals surface area contributed by atoms with Gasteiger partial charge in [-0.25, -0.2) is 0 Å². The van der Waals surface area contributed by atoms with Crippen LogP contribution in [-0.4, -0.2) is 18.2 Å². The predicted molar refractivity (Wildman–Crippen MR) is 94.2 cm³/mol. The van der Waals surface area contributed by atoms with E-state index < -0.39 is 23.9 Å². The smallest absolute Gasteiger partial charge is 0.459 e. The van der Waals surface area contributed by atoms with Gasteiger partial charge in [-0.1, -0.05) is 6.07 Å². The Kier molecular flexibility index (Phi) is 5.35. The highest BCUT2D eigenvalue weighted by molar-refractivity contribution is 6.05. The first-order valence-corrected chi connectivity index (χ1v) is 7.92. The lowest BCUT2D eigenvalue weighted by Crippen LogP contribution is -2.17. The van der Waals surface area contributed by atoms with Gasteiger partial charge in [-0.05, 0) is 54.6 Å². The van der Waals surface area contributed by atoms with Crippen LogP contribution in [0.2, 0.25) is 0 Å². The van der Waals surface area contributed by atoms with Crippen molar-refractivity contribution in [2.75, 3.05) is 10.6 Å². The van der Waals surface area contributed by atoms with E-state index in [1.807, 2.05) is 0 Å². The molecule has 2 amide bonds. The monoisotopic (exact) mass is 390 g/mol. The normalized spacial score (nSPS) is 11.0. The van der Waals surface area contributed by atoms with Crippen molar-refractivity contribution >= 4 is 23.2 Å². The highest BCUT2D eigenvalue weighted by Crippen LogP contribution is 2.23. The summed E-state index contributed by atoms with van der Waals surface area (Å²) < 4.78 is 45.3. The first kappa shape index (κ1) is 19.0. The second-order valence-corrected chi connectivity index (χ2v) is 5.54. The molecule has 1 aromatic heterocycles. The summed E-state index contributed by atoms with van der Waals surface area (Å²) in [5, 5.41) is 5.22. The second kappa shape index (κ2) is 7.87. The predicted octanol–water partition coefficient (Wildman–Crippen LogP) is 4.68. The molecule has 0 saturated carbocycles. The molecule has 0 saturated heterocycles. The molecule has 2 N–H and O–H groups in total. The van der Waals surface area contributed by atoms with Gasteiger partial charge in [-0.15, -0.1) is 13.2 Å². The first-order valence-electron chi connectivity index (χ1n) is 7.92. The summed E-state index contributed by atoms with van der Waals surface area (Å²) >= 11 is 0. The van der Waals surface area contributed by atoms with E-state index in [1.54, 1.807) is 24.3 Å². The van der Waals surface area contributed by atoms with E-state index in [-0.39, 0.29) is 11.3 Å². The molecule has 0 radical (unpaired) electrons. The molecule has 2 aromatic carbocycles. The van der Waals surface area contributed by atoms with Crippen molar-refractivity contribution in [3.05, 3.63) is 78.3 Å². The fourth-order valence-electron chi connectivity index (χ4n) is 2.29. The van der Waals surface area contributed by atoms with Crippen molar-refractivity contribution in [1.82, 2.24) is 0 Å². The van der Waals surface area contributed by atoms with Crippen molar-refractivity contribution in [2.45, 2.75) is 6.36 Å².